The van der Waals surface area contributed by atoms with Gasteiger partial charge in [0.25, 0.3) is 0 Å². The topological polar surface area (TPSA) is 178 Å². The average Bonchev–Trinajstić information content (AvgIpc) is 2.88. The van der Waals surface area contributed by atoms with E-state index in [1.54, 1.807) is 0 Å². The molecule has 14 heteroatoms. The first-order valence-corrected chi connectivity index (χ1v) is 13.0. The minimum Gasteiger partial charge on any atom is -0.481 e. The van der Waals surface area contributed by atoms with Gasteiger partial charge >= 0.3 is 11.9 Å². The van der Waals surface area contributed by atoms with Crippen LogP contribution in [0.1, 0.15) is 12.8 Å². The highest BCUT2D eigenvalue weighted by molar-refractivity contribution is 5.67. The Kier molecular flexibility index (Phi) is 28.9. The lowest BCUT2D eigenvalue weighted by Gasteiger charge is -2.22. The van der Waals surface area contributed by atoms with Crippen LogP contribution < -0.4 is 5.73 Å². The lowest BCUT2D eigenvalue weighted by molar-refractivity contribution is -0.139. The van der Waals surface area contributed by atoms with Crippen LogP contribution in [0.15, 0.2) is 0 Å². The van der Waals surface area contributed by atoms with Crippen LogP contribution in [0.2, 0.25) is 0 Å². The second-order valence-electron chi connectivity index (χ2n) is 7.82. The summed E-state index contributed by atoms with van der Waals surface area (Å²) in [5.74, 6) is -1.77. The highest BCUT2D eigenvalue weighted by atomic mass is 16.6. The van der Waals surface area contributed by atoms with Gasteiger partial charge in [0.15, 0.2) is 0 Å². The van der Waals surface area contributed by atoms with Crippen molar-refractivity contribution < 1.29 is 57.7 Å². The van der Waals surface area contributed by atoms with Gasteiger partial charge in [-0.15, -0.1) is 0 Å². The van der Waals surface area contributed by atoms with Crippen molar-refractivity contribution in [1.82, 2.24) is 4.90 Å². The summed E-state index contributed by atoms with van der Waals surface area (Å²) in [7, 11) is 0. The van der Waals surface area contributed by atoms with Crippen LogP contribution in [0, 0.1) is 0 Å². The summed E-state index contributed by atoms with van der Waals surface area (Å²) in [5.41, 5.74) is 5.39. The molecule has 0 bridgehead atoms. The largest absolute Gasteiger partial charge is 0.481 e. The van der Waals surface area contributed by atoms with Crippen LogP contribution in [-0.4, -0.2) is 159 Å². The van der Waals surface area contributed by atoms with Gasteiger partial charge in [0.2, 0.25) is 0 Å². The molecule has 0 rings (SSSR count). The van der Waals surface area contributed by atoms with Crippen molar-refractivity contribution >= 4 is 11.9 Å². The smallest absolute Gasteiger partial charge is 0.305 e. The molecule has 0 aromatic rings. The monoisotopic (exact) mass is 556 g/mol. The van der Waals surface area contributed by atoms with Crippen molar-refractivity contribution in [3.05, 3.63) is 0 Å². The fourth-order valence-electron chi connectivity index (χ4n) is 2.72. The van der Waals surface area contributed by atoms with Crippen LogP contribution in [0.3, 0.4) is 0 Å². The highest BCUT2D eigenvalue weighted by Gasteiger charge is 2.06. The number of nitrogens with two attached hydrogens (primary N) is 1. The maximum atomic E-state index is 10.4. The minimum atomic E-state index is -0.883. The number of rotatable bonds is 32. The van der Waals surface area contributed by atoms with E-state index < -0.39 is 11.9 Å². The SMILES string of the molecule is NCCOCCOCCN(CCOCCOCCOCCC(=O)O)CCOCCOCCOCCC(=O)O. The second kappa shape index (κ2) is 30.1. The summed E-state index contributed by atoms with van der Waals surface area (Å²) in [4.78, 5) is 23.0. The number of aliphatic carboxylic acids is 2. The van der Waals surface area contributed by atoms with Crippen molar-refractivity contribution in [2.24, 2.45) is 5.73 Å². The molecule has 0 fully saturated rings. The molecule has 0 heterocycles. The van der Waals surface area contributed by atoms with E-state index in [1.807, 2.05) is 0 Å². The Labute approximate surface area is 225 Å². The van der Waals surface area contributed by atoms with Crippen LogP contribution in [0.5, 0.6) is 0 Å². The van der Waals surface area contributed by atoms with Crippen LogP contribution >= 0.6 is 0 Å². The third-order valence-corrected chi connectivity index (χ3v) is 4.70. The zero-order chi connectivity index (χ0) is 27.9. The van der Waals surface area contributed by atoms with Crippen LogP contribution in [0.4, 0.5) is 0 Å². The van der Waals surface area contributed by atoms with E-state index in [9.17, 15) is 9.59 Å². The predicted molar refractivity (Wildman–Crippen MR) is 137 cm³/mol. The fraction of sp³-hybridized carbons (Fsp3) is 0.917. The number of hydrogen-bond acceptors (Lipinski definition) is 12. The van der Waals surface area contributed by atoms with Gasteiger partial charge in [0, 0.05) is 26.2 Å². The zero-order valence-electron chi connectivity index (χ0n) is 22.6. The molecule has 0 unspecified atom stereocenters. The number of ether oxygens (including phenoxy) is 8. The summed E-state index contributed by atoms with van der Waals surface area (Å²) in [6.07, 6.45) is -0.0307. The minimum absolute atomic E-state index is 0.0153. The first-order valence-electron chi connectivity index (χ1n) is 13.0. The maximum Gasteiger partial charge on any atom is 0.305 e. The Morgan fingerprint density at radius 3 is 1.00 bits per heavy atom. The molecule has 0 saturated heterocycles. The number of hydrogen-bond donors (Lipinski definition) is 3. The Bertz CT molecular complexity index is 495. The average molecular weight is 557 g/mol. The van der Waals surface area contributed by atoms with E-state index in [0.717, 1.165) is 6.54 Å². The van der Waals surface area contributed by atoms with E-state index in [4.69, 9.17) is 53.8 Å². The molecule has 226 valence electrons. The molecule has 0 aliphatic carbocycles. The predicted octanol–water partition coefficient (Wildman–Crippen LogP) is -0.671. The van der Waals surface area contributed by atoms with Crippen LogP contribution in [0.25, 0.3) is 0 Å². The molecule has 0 radical (unpaired) electrons. The van der Waals surface area contributed by atoms with Gasteiger partial charge in [-0.25, -0.2) is 0 Å². The quantitative estimate of drug-likeness (QED) is 0.0888. The third-order valence-electron chi connectivity index (χ3n) is 4.70. The molecule has 0 saturated carbocycles. The normalized spacial score (nSPS) is 11.4. The summed E-state index contributed by atoms with van der Waals surface area (Å²) in [6.45, 7) is 9.39. The van der Waals surface area contributed by atoms with E-state index >= 15 is 0 Å². The molecule has 0 atom stereocenters. The molecule has 0 aliphatic rings. The molecular formula is C24H48N2O12. The maximum absolute atomic E-state index is 10.4. The van der Waals surface area contributed by atoms with Crippen molar-refractivity contribution in [1.29, 1.82) is 0 Å². The molecular weight excluding hydrogens is 508 g/mol. The van der Waals surface area contributed by atoms with Gasteiger partial charge < -0.3 is 53.8 Å². The summed E-state index contributed by atoms with van der Waals surface area (Å²) in [5, 5.41) is 17.1. The standard InChI is InChI=1S/C24H48N2O12/c25-3-9-33-15-16-34-10-4-26(5-11-35-17-21-37-19-13-31-7-1-23(27)28)6-12-36-18-22-38-20-14-32-8-2-24(29)30/h1-22,25H2,(H,27,28)(H,29,30). The summed E-state index contributed by atoms with van der Waals surface area (Å²) in [6, 6.07) is 0. The van der Waals surface area contributed by atoms with Crippen LogP contribution in [-0.2, 0) is 47.5 Å². The van der Waals surface area contributed by atoms with Crippen molar-refractivity contribution in [2.75, 3.05) is 132 Å². The van der Waals surface area contributed by atoms with Gasteiger partial charge in [-0.3, -0.25) is 14.5 Å². The second-order valence-corrected chi connectivity index (χ2v) is 7.82. The molecule has 0 spiro atoms. The molecule has 38 heavy (non-hydrogen) atoms. The molecule has 0 aromatic carbocycles. The number of nitrogens with zero attached hydrogens (tertiary/aromatic N) is 1. The van der Waals surface area contributed by atoms with E-state index in [0.29, 0.717) is 112 Å². The van der Waals surface area contributed by atoms with Crippen molar-refractivity contribution in [3.63, 3.8) is 0 Å². The van der Waals surface area contributed by atoms with Gasteiger partial charge in [-0.2, -0.15) is 0 Å². The molecule has 14 nitrogen and oxygen atoms in total. The lowest BCUT2D eigenvalue weighted by Crippen LogP contribution is -2.34. The van der Waals surface area contributed by atoms with Gasteiger partial charge in [-0.1, -0.05) is 0 Å². The van der Waals surface area contributed by atoms with E-state index in [1.165, 1.54) is 0 Å². The Morgan fingerprint density at radius 2 is 0.711 bits per heavy atom. The van der Waals surface area contributed by atoms with Crippen molar-refractivity contribution in [3.8, 4) is 0 Å². The van der Waals surface area contributed by atoms with E-state index in [-0.39, 0.29) is 26.1 Å². The van der Waals surface area contributed by atoms with Gasteiger partial charge in [-0.05, 0) is 0 Å². The Hall–Kier alpha value is -1.46. The molecule has 4 N–H and O–H groups in total. The highest BCUT2D eigenvalue weighted by Crippen LogP contribution is 1.93. The molecule has 0 aromatic heterocycles. The molecule has 0 aliphatic heterocycles. The number of carboxylic acids is 2. The zero-order valence-corrected chi connectivity index (χ0v) is 22.6. The number of carbonyl (C=O) groups is 2. The Balaban J connectivity index is 3.85. The third kappa shape index (κ3) is 30.8. The lowest BCUT2D eigenvalue weighted by atomic mass is 10.4. The number of carboxylic acid groups (broad SMARTS) is 2. The van der Waals surface area contributed by atoms with Crippen molar-refractivity contribution in [2.45, 2.75) is 12.8 Å². The summed E-state index contributed by atoms with van der Waals surface area (Å²) < 4.78 is 43.3. The van der Waals surface area contributed by atoms with Gasteiger partial charge in [0.05, 0.1) is 119 Å². The molecule has 0 amide bonds. The first-order chi connectivity index (χ1) is 18.6. The summed E-state index contributed by atoms with van der Waals surface area (Å²) >= 11 is 0. The van der Waals surface area contributed by atoms with E-state index in [2.05, 4.69) is 4.90 Å². The van der Waals surface area contributed by atoms with Gasteiger partial charge in [0.1, 0.15) is 0 Å². The Morgan fingerprint density at radius 1 is 0.447 bits per heavy atom. The first kappa shape index (κ1) is 36.5. The fourth-order valence-corrected chi connectivity index (χ4v) is 2.72.